The van der Waals surface area contributed by atoms with Crippen LogP contribution in [0.1, 0.15) is 44.0 Å². The van der Waals surface area contributed by atoms with Crippen molar-refractivity contribution in [2.75, 3.05) is 26.3 Å². The Hall–Kier alpha value is -1.19. The molecule has 1 atom stereocenters. The first-order valence-corrected chi connectivity index (χ1v) is 6.96. The van der Waals surface area contributed by atoms with Gasteiger partial charge >= 0.3 is 0 Å². The van der Waals surface area contributed by atoms with Crippen LogP contribution in [-0.4, -0.2) is 36.2 Å². The molecule has 106 valence electrons. The van der Waals surface area contributed by atoms with Gasteiger partial charge in [0.1, 0.15) is 0 Å². The van der Waals surface area contributed by atoms with Crippen molar-refractivity contribution in [2.24, 2.45) is 0 Å². The minimum absolute atomic E-state index is 0.438. The summed E-state index contributed by atoms with van der Waals surface area (Å²) in [6.07, 6.45) is 2.02. The lowest BCUT2D eigenvalue weighted by atomic mass is 10.1. The highest BCUT2D eigenvalue weighted by Crippen LogP contribution is 2.21. The number of ether oxygens (including phenoxy) is 1. The third kappa shape index (κ3) is 4.44. The van der Waals surface area contributed by atoms with Gasteiger partial charge in [0.2, 0.25) is 0 Å². The zero-order valence-electron chi connectivity index (χ0n) is 12.4. The molecule has 3 nitrogen and oxygen atoms in total. The van der Waals surface area contributed by atoms with E-state index >= 15 is 0 Å². The van der Waals surface area contributed by atoms with Gasteiger partial charge in [0.05, 0.1) is 13.2 Å². The van der Waals surface area contributed by atoms with E-state index in [1.54, 1.807) is 0 Å². The average Bonchev–Trinajstić information content (AvgIpc) is 2.49. The lowest BCUT2D eigenvalue weighted by Crippen LogP contribution is -2.38. The van der Waals surface area contributed by atoms with E-state index in [0.29, 0.717) is 12.0 Å². The van der Waals surface area contributed by atoms with Crippen molar-refractivity contribution in [1.82, 2.24) is 9.88 Å². The van der Waals surface area contributed by atoms with E-state index in [-0.39, 0.29) is 0 Å². The number of rotatable bonds is 3. The molecule has 1 aromatic rings. The number of pyridine rings is 1. The van der Waals surface area contributed by atoms with Gasteiger partial charge in [-0.1, -0.05) is 19.9 Å². The molecule has 1 aliphatic rings. The van der Waals surface area contributed by atoms with Crippen LogP contribution in [0.2, 0.25) is 0 Å². The predicted molar refractivity (Wildman–Crippen MR) is 80.4 cm³/mol. The van der Waals surface area contributed by atoms with Crippen LogP contribution in [0, 0.1) is 0 Å². The van der Waals surface area contributed by atoms with Crippen molar-refractivity contribution in [2.45, 2.75) is 32.7 Å². The smallest absolute Gasteiger partial charge is 0.0594 e. The van der Waals surface area contributed by atoms with Crippen molar-refractivity contribution in [3.05, 3.63) is 42.7 Å². The standard InChI is InChI=1S/C14H22N2O.C2H4/c1-11(2)14-5-4-13(10-15-14)12(3)16-6-8-17-9-7-16;1-2/h4-5,10-12H,6-9H2,1-3H3;1-2H2/t12-;/m0./s1. The van der Waals surface area contributed by atoms with E-state index in [1.165, 1.54) is 11.3 Å². The maximum Gasteiger partial charge on any atom is 0.0594 e. The van der Waals surface area contributed by atoms with Crippen LogP contribution in [-0.2, 0) is 4.74 Å². The van der Waals surface area contributed by atoms with Crippen LogP contribution >= 0.6 is 0 Å². The molecule has 0 N–H and O–H groups in total. The molecule has 1 aromatic heterocycles. The maximum atomic E-state index is 5.38. The summed E-state index contributed by atoms with van der Waals surface area (Å²) in [6, 6.07) is 4.80. The molecule has 0 amide bonds. The van der Waals surface area contributed by atoms with Gasteiger partial charge in [-0.15, -0.1) is 13.2 Å². The zero-order chi connectivity index (χ0) is 14.3. The van der Waals surface area contributed by atoms with Gasteiger partial charge in [-0.25, -0.2) is 0 Å². The average molecular weight is 262 g/mol. The van der Waals surface area contributed by atoms with Crippen molar-refractivity contribution in [3.8, 4) is 0 Å². The highest BCUT2D eigenvalue weighted by Gasteiger charge is 2.18. The monoisotopic (exact) mass is 262 g/mol. The van der Waals surface area contributed by atoms with E-state index in [9.17, 15) is 0 Å². The number of hydrogen-bond acceptors (Lipinski definition) is 3. The molecule has 0 aliphatic carbocycles. The Kier molecular flexibility index (Phi) is 6.74. The minimum Gasteiger partial charge on any atom is -0.379 e. The van der Waals surface area contributed by atoms with E-state index in [1.807, 2.05) is 6.20 Å². The molecule has 0 saturated carbocycles. The molecule has 1 saturated heterocycles. The highest BCUT2D eigenvalue weighted by atomic mass is 16.5. The van der Waals surface area contributed by atoms with Gasteiger partial charge < -0.3 is 4.74 Å². The molecular weight excluding hydrogens is 236 g/mol. The molecule has 19 heavy (non-hydrogen) atoms. The third-order valence-electron chi connectivity index (χ3n) is 3.48. The summed E-state index contributed by atoms with van der Waals surface area (Å²) in [6.45, 7) is 16.3. The minimum atomic E-state index is 0.438. The van der Waals surface area contributed by atoms with E-state index in [0.717, 1.165) is 26.3 Å². The fourth-order valence-electron chi connectivity index (χ4n) is 2.18. The van der Waals surface area contributed by atoms with Crippen molar-refractivity contribution in [3.63, 3.8) is 0 Å². The molecular formula is C16H26N2O. The number of hydrogen-bond donors (Lipinski definition) is 0. The quantitative estimate of drug-likeness (QED) is 0.781. The number of nitrogens with zero attached hydrogens (tertiary/aromatic N) is 2. The van der Waals surface area contributed by atoms with Gasteiger partial charge in [-0.05, 0) is 24.5 Å². The van der Waals surface area contributed by atoms with Crippen LogP contribution < -0.4 is 0 Å². The van der Waals surface area contributed by atoms with Crippen LogP contribution in [0.4, 0.5) is 0 Å². The molecule has 2 rings (SSSR count). The van der Waals surface area contributed by atoms with Gasteiger partial charge in [-0.3, -0.25) is 9.88 Å². The molecule has 0 aromatic carbocycles. The van der Waals surface area contributed by atoms with Gasteiger partial charge in [0.25, 0.3) is 0 Å². The van der Waals surface area contributed by atoms with Crippen LogP contribution in [0.15, 0.2) is 31.5 Å². The Morgan fingerprint density at radius 2 is 1.79 bits per heavy atom. The van der Waals surface area contributed by atoms with Crippen LogP contribution in [0.25, 0.3) is 0 Å². The first kappa shape index (κ1) is 15.9. The second-order valence-corrected chi connectivity index (χ2v) is 5.00. The Morgan fingerprint density at radius 1 is 1.16 bits per heavy atom. The first-order chi connectivity index (χ1) is 9.18. The molecule has 1 fully saturated rings. The molecule has 0 bridgehead atoms. The van der Waals surface area contributed by atoms with Crippen molar-refractivity contribution >= 4 is 0 Å². The Balaban J connectivity index is 0.000000861. The number of aromatic nitrogens is 1. The van der Waals surface area contributed by atoms with Gasteiger partial charge in [0.15, 0.2) is 0 Å². The van der Waals surface area contributed by atoms with Gasteiger partial charge in [0, 0.05) is 31.0 Å². The Morgan fingerprint density at radius 3 is 2.26 bits per heavy atom. The summed E-state index contributed by atoms with van der Waals surface area (Å²) in [7, 11) is 0. The normalized spacial score (nSPS) is 17.7. The second-order valence-electron chi connectivity index (χ2n) is 5.00. The lowest BCUT2D eigenvalue weighted by Gasteiger charge is -2.32. The molecule has 1 aliphatic heterocycles. The SMILES string of the molecule is C=C.CC(C)c1ccc([C@H](C)N2CCOCC2)cn1. The second kappa shape index (κ2) is 8.08. The van der Waals surface area contributed by atoms with Crippen molar-refractivity contribution in [1.29, 1.82) is 0 Å². The Bertz CT molecular complexity index is 356. The lowest BCUT2D eigenvalue weighted by molar-refractivity contribution is 0.0198. The third-order valence-corrected chi connectivity index (χ3v) is 3.48. The Labute approximate surface area is 117 Å². The summed E-state index contributed by atoms with van der Waals surface area (Å²) in [5.41, 5.74) is 2.47. The molecule has 3 heteroatoms. The van der Waals surface area contributed by atoms with Crippen molar-refractivity contribution < 1.29 is 4.74 Å². The number of morpholine rings is 1. The summed E-state index contributed by atoms with van der Waals surface area (Å²) >= 11 is 0. The van der Waals surface area contributed by atoms with E-state index in [4.69, 9.17) is 4.74 Å². The fraction of sp³-hybridized carbons (Fsp3) is 0.562. The maximum absolute atomic E-state index is 5.38. The zero-order valence-corrected chi connectivity index (χ0v) is 12.4. The summed E-state index contributed by atoms with van der Waals surface area (Å²) in [5.74, 6) is 0.503. The fourth-order valence-corrected chi connectivity index (χ4v) is 2.18. The van der Waals surface area contributed by atoms with Crippen LogP contribution in [0.5, 0.6) is 0 Å². The molecule has 2 heterocycles. The summed E-state index contributed by atoms with van der Waals surface area (Å²) < 4.78 is 5.38. The first-order valence-electron chi connectivity index (χ1n) is 6.96. The molecule has 0 radical (unpaired) electrons. The summed E-state index contributed by atoms with van der Waals surface area (Å²) in [5, 5.41) is 0. The van der Waals surface area contributed by atoms with E-state index in [2.05, 4.69) is 55.9 Å². The predicted octanol–water partition coefficient (Wildman–Crippen LogP) is 3.40. The topological polar surface area (TPSA) is 25.4 Å². The molecule has 0 unspecified atom stereocenters. The summed E-state index contributed by atoms with van der Waals surface area (Å²) in [4.78, 5) is 6.99. The molecule has 0 spiro atoms. The van der Waals surface area contributed by atoms with Gasteiger partial charge in [-0.2, -0.15) is 0 Å². The largest absolute Gasteiger partial charge is 0.379 e. The van der Waals surface area contributed by atoms with E-state index < -0.39 is 0 Å². The highest BCUT2D eigenvalue weighted by molar-refractivity contribution is 5.19. The van der Waals surface area contributed by atoms with Crippen LogP contribution in [0.3, 0.4) is 0 Å².